The summed E-state index contributed by atoms with van der Waals surface area (Å²) in [6, 6.07) is 0.109. The largest absolute Gasteiger partial charge is 0.466 e. The first-order valence-corrected chi connectivity index (χ1v) is 5.31. The predicted octanol–water partition coefficient (Wildman–Crippen LogP) is 3.25. The van der Waals surface area contributed by atoms with Gasteiger partial charge >= 0.3 is 0 Å². The molecule has 2 heteroatoms. The summed E-state index contributed by atoms with van der Waals surface area (Å²) in [5.74, 6) is 2.48. The van der Waals surface area contributed by atoms with Crippen LogP contribution in [0.5, 0.6) is 0 Å². The molecular formula is C12H21NO. The fourth-order valence-corrected chi connectivity index (χ4v) is 1.84. The van der Waals surface area contributed by atoms with Crippen molar-refractivity contribution in [1.82, 2.24) is 0 Å². The summed E-state index contributed by atoms with van der Waals surface area (Å²) in [6.07, 6.45) is 1.10. The van der Waals surface area contributed by atoms with E-state index in [-0.39, 0.29) is 6.04 Å². The van der Waals surface area contributed by atoms with Crippen molar-refractivity contribution in [2.45, 2.75) is 47.1 Å². The van der Waals surface area contributed by atoms with Gasteiger partial charge in [-0.25, -0.2) is 0 Å². The first-order chi connectivity index (χ1) is 6.49. The molecule has 1 rings (SSSR count). The molecule has 2 unspecified atom stereocenters. The third-order valence-corrected chi connectivity index (χ3v) is 3.21. The molecule has 0 aliphatic rings. The molecule has 0 radical (unpaired) electrons. The smallest absolute Gasteiger partial charge is 0.106 e. The van der Waals surface area contributed by atoms with E-state index in [1.165, 1.54) is 11.1 Å². The molecule has 0 amide bonds. The molecule has 1 aromatic heterocycles. The van der Waals surface area contributed by atoms with Gasteiger partial charge in [-0.2, -0.15) is 0 Å². The van der Waals surface area contributed by atoms with Gasteiger partial charge < -0.3 is 10.2 Å². The van der Waals surface area contributed by atoms with Crippen LogP contribution in [0.15, 0.2) is 4.42 Å². The second kappa shape index (κ2) is 4.18. The van der Waals surface area contributed by atoms with E-state index in [4.69, 9.17) is 10.2 Å². The predicted molar refractivity (Wildman–Crippen MR) is 59.3 cm³/mol. The van der Waals surface area contributed by atoms with Crippen molar-refractivity contribution >= 4 is 0 Å². The second-order valence-corrected chi connectivity index (χ2v) is 4.16. The van der Waals surface area contributed by atoms with Crippen LogP contribution < -0.4 is 5.73 Å². The summed E-state index contributed by atoms with van der Waals surface area (Å²) >= 11 is 0. The molecule has 80 valence electrons. The lowest BCUT2D eigenvalue weighted by atomic mass is 9.91. The van der Waals surface area contributed by atoms with Gasteiger partial charge in [0, 0.05) is 11.6 Å². The molecule has 0 aromatic carbocycles. The summed E-state index contributed by atoms with van der Waals surface area (Å²) in [5, 5.41) is 0. The van der Waals surface area contributed by atoms with Crippen LogP contribution in [0.3, 0.4) is 0 Å². The van der Waals surface area contributed by atoms with Gasteiger partial charge in [-0.3, -0.25) is 0 Å². The molecule has 1 heterocycles. The van der Waals surface area contributed by atoms with Crippen molar-refractivity contribution in [3.8, 4) is 0 Å². The highest BCUT2D eigenvalue weighted by molar-refractivity contribution is 5.34. The van der Waals surface area contributed by atoms with E-state index in [9.17, 15) is 0 Å². The molecular weight excluding hydrogens is 174 g/mol. The Morgan fingerprint density at radius 2 is 1.79 bits per heavy atom. The van der Waals surface area contributed by atoms with E-state index < -0.39 is 0 Å². The summed E-state index contributed by atoms with van der Waals surface area (Å²) < 4.78 is 5.58. The minimum absolute atomic E-state index is 0.109. The van der Waals surface area contributed by atoms with E-state index in [1.807, 2.05) is 13.8 Å². The molecule has 0 bridgehead atoms. The fourth-order valence-electron chi connectivity index (χ4n) is 1.84. The maximum absolute atomic E-state index is 6.20. The van der Waals surface area contributed by atoms with Crippen LogP contribution >= 0.6 is 0 Å². The molecule has 14 heavy (non-hydrogen) atoms. The van der Waals surface area contributed by atoms with Crippen molar-refractivity contribution in [3.63, 3.8) is 0 Å². The average Bonchev–Trinajstić information content (AvgIpc) is 2.39. The topological polar surface area (TPSA) is 39.2 Å². The number of rotatable bonds is 3. The van der Waals surface area contributed by atoms with Gasteiger partial charge in [0.05, 0.1) is 0 Å². The summed E-state index contributed by atoms with van der Waals surface area (Å²) in [4.78, 5) is 0. The summed E-state index contributed by atoms with van der Waals surface area (Å²) in [6.45, 7) is 10.4. The Bertz CT molecular complexity index is 314. The van der Waals surface area contributed by atoms with Crippen molar-refractivity contribution < 1.29 is 4.42 Å². The Balaban J connectivity index is 3.05. The molecule has 0 fully saturated rings. The van der Waals surface area contributed by atoms with Crippen LogP contribution in [0.2, 0.25) is 0 Å². The zero-order chi connectivity index (χ0) is 10.9. The second-order valence-electron chi connectivity index (χ2n) is 4.16. The highest BCUT2D eigenvalue weighted by Crippen LogP contribution is 2.30. The van der Waals surface area contributed by atoms with Gasteiger partial charge in [-0.05, 0) is 32.3 Å². The number of hydrogen-bond donors (Lipinski definition) is 1. The van der Waals surface area contributed by atoms with Crippen molar-refractivity contribution in [2.75, 3.05) is 0 Å². The van der Waals surface area contributed by atoms with Gasteiger partial charge in [-0.1, -0.05) is 20.3 Å². The van der Waals surface area contributed by atoms with E-state index in [2.05, 4.69) is 20.8 Å². The molecule has 0 aliphatic heterocycles. The average molecular weight is 195 g/mol. The molecule has 0 spiro atoms. The van der Waals surface area contributed by atoms with Crippen LogP contribution in [0.4, 0.5) is 0 Å². The third-order valence-electron chi connectivity index (χ3n) is 3.21. The lowest BCUT2D eigenvalue weighted by molar-refractivity contribution is 0.441. The minimum Gasteiger partial charge on any atom is -0.466 e. The Kier molecular flexibility index (Phi) is 3.38. The molecule has 1 aromatic rings. The molecule has 2 nitrogen and oxygen atoms in total. The standard InChI is InChI=1S/C12H21NO/c1-6-7(2)12(13)11-8(3)9(4)14-10(11)5/h7,12H,6,13H2,1-5H3. The van der Waals surface area contributed by atoms with Crippen LogP contribution in [-0.2, 0) is 0 Å². The highest BCUT2D eigenvalue weighted by atomic mass is 16.3. The highest BCUT2D eigenvalue weighted by Gasteiger charge is 2.21. The maximum atomic E-state index is 6.20. The van der Waals surface area contributed by atoms with Gasteiger partial charge in [-0.15, -0.1) is 0 Å². The first kappa shape index (κ1) is 11.3. The molecule has 2 N–H and O–H groups in total. The lowest BCUT2D eigenvalue weighted by Gasteiger charge is -2.18. The number of hydrogen-bond acceptors (Lipinski definition) is 2. The SMILES string of the molecule is CCC(C)C(N)c1c(C)oc(C)c1C. The zero-order valence-electron chi connectivity index (χ0n) is 9.85. The normalized spacial score (nSPS) is 15.6. The van der Waals surface area contributed by atoms with E-state index >= 15 is 0 Å². The van der Waals surface area contributed by atoms with Crippen molar-refractivity contribution in [2.24, 2.45) is 11.7 Å². The first-order valence-electron chi connectivity index (χ1n) is 5.31. The van der Waals surface area contributed by atoms with Crippen LogP contribution in [0.25, 0.3) is 0 Å². The van der Waals surface area contributed by atoms with Gasteiger partial charge in [0.2, 0.25) is 0 Å². The maximum Gasteiger partial charge on any atom is 0.106 e. The van der Waals surface area contributed by atoms with E-state index in [0.29, 0.717) is 5.92 Å². The summed E-state index contributed by atoms with van der Waals surface area (Å²) in [5.41, 5.74) is 8.63. The monoisotopic (exact) mass is 195 g/mol. The fraction of sp³-hybridized carbons (Fsp3) is 0.667. The molecule has 2 atom stereocenters. The summed E-state index contributed by atoms with van der Waals surface area (Å²) in [7, 11) is 0. The number of aryl methyl sites for hydroxylation is 2. The number of furan rings is 1. The molecule has 0 saturated carbocycles. The lowest BCUT2D eigenvalue weighted by Crippen LogP contribution is -2.19. The van der Waals surface area contributed by atoms with Gasteiger partial charge in [0.25, 0.3) is 0 Å². The third kappa shape index (κ3) is 1.85. The van der Waals surface area contributed by atoms with E-state index in [0.717, 1.165) is 17.9 Å². The minimum atomic E-state index is 0.109. The van der Waals surface area contributed by atoms with Crippen LogP contribution in [0.1, 0.15) is 49.0 Å². The van der Waals surface area contributed by atoms with E-state index in [1.54, 1.807) is 0 Å². The quantitative estimate of drug-likeness (QED) is 0.804. The Hall–Kier alpha value is -0.760. The Labute approximate surface area is 86.5 Å². The van der Waals surface area contributed by atoms with Crippen LogP contribution in [0, 0.1) is 26.7 Å². The Morgan fingerprint density at radius 1 is 1.21 bits per heavy atom. The molecule has 0 saturated heterocycles. The zero-order valence-corrected chi connectivity index (χ0v) is 9.85. The van der Waals surface area contributed by atoms with Crippen molar-refractivity contribution in [3.05, 3.63) is 22.6 Å². The van der Waals surface area contributed by atoms with Gasteiger partial charge in [0.15, 0.2) is 0 Å². The molecule has 0 aliphatic carbocycles. The Morgan fingerprint density at radius 3 is 2.14 bits per heavy atom. The number of nitrogens with two attached hydrogens (primary N) is 1. The van der Waals surface area contributed by atoms with Gasteiger partial charge in [0.1, 0.15) is 11.5 Å². The van der Waals surface area contributed by atoms with Crippen LogP contribution in [-0.4, -0.2) is 0 Å². The van der Waals surface area contributed by atoms with Crippen molar-refractivity contribution in [1.29, 1.82) is 0 Å².